The summed E-state index contributed by atoms with van der Waals surface area (Å²) in [4.78, 5) is 18.5. The normalized spacial score (nSPS) is 17.0. The monoisotopic (exact) mass is 298 g/mol. The average molecular weight is 298 g/mol. The molecule has 0 aliphatic heterocycles. The molecule has 4 heteroatoms. The number of oxazole rings is 1. The summed E-state index contributed by atoms with van der Waals surface area (Å²) in [7, 11) is 1.90. The summed E-state index contributed by atoms with van der Waals surface area (Å²) in [6.07, 6.45) is 10.5. The van der Waals surface area contributed by atoms with Crippen LogP contribution in [0, 0.1) is 0 Å². The number of hydrogen-bond donors (Lipinski definition) is 0. The van der Waals surface area contributed by atoms with Gasteiger partial charge >= 0.3 is 0 Å². The highest BCUT2D eigenvalue weighted by Crippen LogP contribution is 2.21. The lowest BCUT2D eigenvalue weighted by Crippen LogP contribution is -2.35. The molecule has 0 bridgehead atoms. The molecule has 1 saturated carbocycles. The van der Waals surface area contributed by atoms with Gasteiger partial charge in [0.2, 0.25) is 11.8 Å². The van der Waals surface area contributed by atoms with Gasteiger partial charge in [0.15, 0.2) is 5.58 Å². The molecule has 1 amide bonds. The average Bonchev–Trinajstić information content (AvgIpc) is 2.76. The SMILES string of the molecule is CN(C(=O)/C=C/c1nc2ccccc2o1)C1CCCCCC1. The highest BCUT2D eigenvalue weighted by Gasteiger charge is 2.19. The van der Waals surface area contributed by atoms with Crippen molar-refractivity contribution >= 4 is 23.1 Å². The van der Waals surface area contributed by atoms with E-state index in [4.69, 9.17) is 4.42 Å². The minimum absolute atomic E-state index is 0.0224. The fraction of sp³-hybridized carbons (Fsp3) is 0.444. The molecule has 1 aromatic heterocycles. The van der Waals surface area contributed by atoms with Crippen LogP contribution in [0.1, 0.15) is 44.4 Å². The Bertz CT molecular complexity index is 634. The molecular weight excluding hydrogens is 276 g/mol. The van der Waals surface area contributed by atoms with E-state index in [0.29, 0.717) is 11.9 Å². The maximum Gasteiger partial charge on any atom is 0.246 e. The van der Waals surface area contributed by atoms with Crippen LogP contribution in [0.5, 0.6) is 0 Å². The second-order valence-electron chi connectivity index (χ2n) is 5.95. The fourth-order valence-corrected chi connectivity index (χ4v) is 3.05. The number of carbonyl (C=O) groups excluding carboxylic acids is 1. The molecule has 1 heterocycles. The van der Waals surface area contributed by atoms with E-state index in [1.807, 2.05) is 36.2 Å². The van der Waals surface area contributed by atoms with Crippen LogP contribution < -0.4 is 0 Å². The first-order valence-corrected chi connectivity index (χ1v) is 8.04. The number of likely N-dealkylation sites (N-methyl/N-ethyl adjacent to an activating group) is 1. The summed E-state index contributed by atoms with van der Waals surface area (Å²) in [6.45, 7) is 0. The molecule has 1 aliphatic rings. The van der Waals surface area contributed by atoms with Gasteiger partial charge in [-0.3, -0.25) is 4.79 Å². The zero-order valence-electron chi connectivity index (χ0n) is 13.0. The fourth-order valence-electron chi connectivity index (χ4n) is 3.05. The molecule has 0 saturated heterocycles. The summed E-state index contributed by atoms with van der Waals surface area (Å²) in [5, 5.41) is 0. The zero-order chi connectivity index (χ0) is 15.4. The Balaban J connectivity index is 1.66. The van der Waals surface area contributed by atoms with Crippen LogP contribution in [0.2, 0.25) is 0 Å². The van der Waals surface area contributed by atoms with Crippen LogP contribution in [0.3, 0.4) is 0 Å². The summed E-state index contributed by atoms with van der Waals surface area (Å²) in [5.74, 6) is 0.498. The minimum atomic E-state index is 0.0224. The number of amides is 1. The Morgan fingerprint density at radius 1 is 1.23 bits per heavy atom. The number of fused-ring (bicyclic) bond motifs is 1. The standard InChI is InChI=1S/C18H22N2O2/c1-20(14-8-4-2-3-5-9-14)18(21)13-12-17-19-15-10-6-7-11-16(15)22-17/h6-7,10-14H,2-5,8-9H2,1H3/b13-12+. The number of hydrogen-bond acceptors (Lipinski definition) is 3. The Labute approximate surface area is 130 Å². The van der Waals surface area contributed by atoms with Crippen molar-refractivity contribution in [2.75, 3.05) is 7.05 Å². The van der Waals surface area contributed by atoms with Crippen molar-refractivity contribution in [3.8, 4) is 0 Å². The number of carbonyl (C=O) groups is 1. The van der Waals surface area contributed by atoms with Gasteiger partial charge in [0.05, 0.1) is 0 Å². The Morgan fingerprint density at radius 3 is 2.68 bits per heavy atom. The maximum atomic E-state index is 12.3. The molecule has 1 fully saturated rings. The van der Waals surface area contributed by atoms with E-state index in [2.05, 4.69) is 4.98 Å². The first-order valence-electron chi connectivity index (χ1n) is 8.04. The second kappa shape index (κ2) is 6.77. The second-order valence-corrected chi connectivity index (χ2v) is 5.95. The van der Waals surface area contributed by atoms with E-state index < -0.39 is 0 Å². The van der Waals surface area contributed by atoms with Crippen LogP contribution >= 0.6 is 0 Å². The molecule has 1 aromatic carbocycles. The molecule has 116 valence electrons. The van der Waals surface area contributed by atoms with Crippen LogP contribution in [0.25, 0.3) is 17.2 Å². The molecule has 0 spiro atoms. The molecule has 2 aromatic rings. The topological polar surface area (TPSA) is 46.3 Å². The van der Waals surface area contributed by atoms with Crippen molar-refractivity contribution in [2.24, 2.45) is 0 Å². The lowest BCUT2D eigenvalue weighted by Gasteiger charge is -2.26. The van der Waals surface area contributed by atoms with Crippen molar-refractivity contribution in [3.05, 3.63) is 36.2 Å². The highest BCUT2D eigenvalue weighted by atomic mass is 16.3. The van der Waals surface area contributed by atoms with Gasteiger partial charge in [-0.25, -0.2) is 4.98 Å². The van der Waals surface area contributed by atoms with Crippen molar-refractivity contribution < 1.29 is 9.21 Å². The van der Waals surface area contributed by atoms with E-state index in [1.54, 1.807) is 12.2 Å². The summed E-state index contributed by atoms with van der Waals surface area (Å²) < 4.78 is 5.59. The third-order valence-corrected chi connectivity index (χ3v) is 4.40. The highest BCUT2D eigenvalue weighted by molar-refractivity contribution is 5.91. The van der Waals surface area contributed by atoms with Gasteiger partial charge in [-0.2, -0.15) is 0 Å². The lowest BCUT2D eigenvalue weighted by molar-refractivity contribution is -0.126. The molecule has 22 heavy (non-hydrogen) atoms. The Morgan fingerprint density at radius 2 is 1.95 bits per heavy atom. The summed E-state index contributed by atoms with van der Waals surface area (Å²) >= 11 is 0. The van der Waals surface area contributed by atoms with Gasteiger partial charge in [0.25, 0.3) is 0 Å². The van der Waals surface area contributed by atoms with Crippen molar-refractivity contribution in [2.45, 2.75) is 44.6 Å². The first-order chi connectivity index (χ1) is 10.7. The van der Waals surface area contributed by atoms with Crippen molar-refractivity contribution in [3.63, 3.8) is 0 Å². The van der Waals surface area contributed by atoms with Crippen LogP contribution in [-0.2, 0) is 4.79 Å². The van der Waals surface area contributed by atoms with Crippen molar-refractivity contribution in [1.29, 1.82) is 0 Å². The predicted octanol–water partition coefficient (Wildman–Crippen LogP) is 4.02. The van der Waals surface area contributed by atoms with E-state index in [1.165, 1.54) is 25.7 Å². The molecule has 1 aliphatic carbocycles. The molecule has 0 atom stereocenters. The number of rotatable bonds is 3. The number of benzene rings is 1. The van der Waals surface area contributed by atoms with Crippen LogP contribution in [-0.4, -0.2) is 28.9 Å². The molecular formula is C18H22N2O2. The first kappa shape index (κ1) is 14.8. The summed E-state index contributed by atoms with van der Waals surface area (Å²) in [6, 6.07) is 7.97. The lowest BCUT2D eigenvalue weighted by atomic mass is 10.1. The maximum absolute atomic E-state index is 12.3. The van der Waals surface area contributed by atoms with Crippen LogP contribution in [0.15, 0.2) is 34.8 Å². The Kier molecular flexibility index (Phi) is 4.56. The number of aromatic nitrogens is 1. The van der Waals surface area contributed by atoms with Crippen molar-refractivity contribution in [1.82, 2.24) is 9.88 Å². The number of para-hydroxylation sites is 2. The number of nitrogens with zero attached hydrogens (tertiary/aromatic N) is 2. The van der Waals surface area contributed by atoms with E-state index in [0.717, 1.165) is 23.9 Å². The van der Waals surface area contributed by atoms with Crippen LogP contribution in [0.4, 0.5) is 0 Å². The van der Waals surface area contributed by atoms with Gasteiger partial charge in [-0.1, -0.05) is 37.8 Å². The van der Waals surface area contributed by atoms with E-state index >= 15 is 0 Å². The zero-order valence-corrected chi connectivity index (χ0v) is 13.0. The van der Waals surface area contributed by atoms with Gasteiger partial charge in [0.1, 0.15) is 5.52 Å². The third kappa shape index (κ3) is 3.38. The molecule has 4 nitrogen and oxygen atoms in total. The minimum Gasteiger partial charge on any atom is -0.437 e. The Hall–Kier alpha value is -2.10. The van der Waals surface area contributed by atoms with E-state index in [9.17, 15) is 4.79 Å². The van der Waals surface area contributed by atoms with Gasteiger partial charge in [-0.15, -0.1) is 0 Å². The molecule has 3 rings (SSSR count). The predicted molar refractivity (Wildman–Crippen MR) is 87.3 cm³/mol. The van der Waals surface area contributed by atoms with Gasteiger partial charge < -0.3 is 9.32 Å². The largest absolute Gasteiger partial charge is 0.437 e. The smallest absolute Gasteiger partial charge is 0.246 e. The van der Waals surface area contributed by atoms with Gasteiger partial charge in [0, 0.05) is 25.2 Å². The van der Waals surface area contributed by atoms with E-state index in [-0.39, 0.29) is 5.91 Å². The molecule has 0 radical (unpaired) electrons. The quantitative estimate of drug-likeness (QED) is 0.635. The third-order valence-electron chi connectivity index (χ3n) is 4.40. The molecule has 0 N–H and O–H groups in total. The summed E-state index contributed by atoms with van der Waals surface area (Å²) in [5.41, 5.74) is 1.55. The molecule has 0 unspecified atom stereocenters. The van der Waals surface area contributed by atoms with Gasteiger partial charge in [-0.05, 0) is 25.0 Å².